The number of pyridine rings is 2. The van der Waals surface area contributed by atoms with Crippen molar-refractivity contribution in [1.82, 2.24) is 15.0 Å². The minimum absolute atomic E-state index is 0.0683. The number of nitrogens with one attached hydrogen (secondary N) is 1. The molecule has 0 aliphatic rings. The zero-order valence-electron chi connectivity index (χ0n) is 13.7. The Hall–Kier alpha value is -3.47. The summed E-state index contributed by atoms with van der Waals surface area (Å²) in [6.07, 6.45) is 6.98. The molecule has 0 fully saturated rings. The van der Waals surface area contributed by atoms with Crippen LogP contribution in [-0.2, 0) is 0 Å². The molecule has 1 aromatic carbocycles. The molecule has 0 unspecified atom stereocenters. The molecule has 0 aliphatic carbocycles. The van der Waals surface area contributed by atoms with E-state index in [9.17, 15) is 4.79 Å². The van der Waals surface area contributed by atoms with Crippen LogP contribution >= 0.6 is 0 Å². The Labute approximate surface area is 144 Å². The quantitative estimate of drug-likeness (QED) is 0.443. The summed E-state index contributed by atoms with van der Waals surface area (Å²) < 4.78 is 0. The van der Waals surface area contributed by atoms with Gasteiger partial charge in [0.25, 0.3) is 0 Å². The summed E-state index contributed by atoms with van der Waals surface area (Å²) in [6, 6.07) is 11.2. The van der Waals surface area contributed by atoms with Crippen molar-refractivity contribution in [3.05, 3.63) is 77.9 Å². The SMILES string of the molecule is Cc1c(N)cccc1C(=O)c1c[nH]c2ncc(-c3cccnc3)cc12. The van der Waals surface area contributed by atoms with E-state index >= 15 is 0 Å². The molecular formula is C20H16N4O. The zero-order chi connectivity index (χ0) is 17.4. The predicted molar refractivity (Wildman–Crippen MR) is 98.3 cm³/mol. The molecule has 3 aromatic heterocycles. The highest BCUT2D eigenvalue weighted by atomic mass is 16.1. The Morgan fingerprint density at radius 2 is 1.96 bits per heavy atom. The molecule has 3 heterocycles. The van der Waals surface area contributed by atoms with E-state index in [0.29, 0.717) is 22.5 Å². The minimum Gasteiger partial charge on any atom is -0.398 e. The molecule has 4 aromatic rings. The largest absolute Gasteiger partial charge is 0.398 e. The van der Waals surface area contributed by atoms with Crippen LogP contribution in [0.2, 0.25) is 0 Å². The second kappa shape index (κ2) is 5.87. The highest BCUT2D eigenvalue weighted by Crippen LogP contribution is 2.27. The number of H-pyrrole nitrogens is 1. The van der Waals surface area contributed by atoms with Crippen molar-refractivity contribution in [2.24, 2.45) is 0 Å². The summed E-state index contributed by atoms with van der Waals surface area (Å²) in [5.41, 5.74) is 11.1. The molecule has 122 valence electrons. The van der Waals surface area contributed by atoms with Gasteiger partial charge in [-0.15, -0.1) is 0 Å². The van der Waals surface area contributed by atoms with Crippen LogP contribution < -0.4 is 5.73 Å². The monoisotopic (exact) mass is 328 g/mol. The molecule has 25 heavy (non-hydrogen) atoms. The van der Waals surface area contributed by atoms with E-state index in [1.807, 2.05) is 25.1 Å². The number of nitrogens with zero attached hydrogens (tertiary/aromatic N) is 2. The van der Waals surface area contributed by atoms with E-state index in [1.165, 1.54) is 0 Å². The van der Waals surface area contributed by atoms with Gasteiger partial charge >= 0.3 is 0 Å². The Bertz CT molecular complexity index is 1080. The summed E-state index contributed by atoms with van der Waals surface area (Å²) in [7, 11) is 0. The van der Waals surface area contributed by atoms with Crippen LogP contribution in [0.25, 0.3) is 22.2 Å². The van der Waals surface area contributed by atoms with Gasteiger partial charge < -0.3 is 10.7 Å². The molecule has 3 N–H and O–H groups in total. The van der Waals surface area contributed by atoms with Crippen molar-refractivity contribution in [1.29, 1.82) is 0 Å². The number of carbonyl (C=O) groups is 1. The molecule has 0 aliphatic heterocycles. The minimum atomic E-state index is -0.0683. The van der Waals surface area contributed by atoms with Crippen molar-refractivity contribution in [3.8, 4) is 11.1 Å². The molecule has 0 saturated heterocycles. The third-order valence-electron chi connectivity index (χ3n) is 4.39. The summed E-state index contributed by atoms with van der Waals surface area (Å²) in [5.74, 6) is -0.0683. The van der Waals surface area contributed by atoms with Gasteiger partial charge in [0.1, 0.15) is 5.65 Å². The molecule has 0 spiro atoms. The lowest BCUT2D eigenvalue weighted by molar-refractivity contribution is 0.104. The number of hydrogen-bond donors (Lipinski definition) is 2. The second-order valence-corrected chi connectivity index (χ2v) is 5.91. The number of benzene rings is 1. The van der Waals surface area contributed by atoms with Crippen LogP contribution in [0.5, 0.6) is 0 Å². The first-order chi connectivity index (χ1) is 12.1. The van der Waals surface area contributed by atoms with Crippen molar-refractivity contribution in [2.45, 2.75) is 6.92 Å². The summed E-state index contributed by atoms with van der Waals surface area (Å²) in [5, 5.41) is 0.785. The van der Waals surface area contributed by atoms with Crippen LogP contribution in [0.1, 0.15) is 21.5 Å². The lowest BCUT2D eigenvalue weighted by Gasteiger charge is -2.07. The number of nitrogens with two attached hydrogens (primary N) is 1. The second-order valence-electron chi connectivity index (χ2n) is 5.91. The average molecular weight is 328 g/mol. The summed E-state index contributed by atoms with van der Waals surface area (Å²) >= 11 is 0. The number of ketones is 1. The topological polar surface area (TPSA) is 84.7 Å². The number of rotatable bonds is 3. The van der Waals surface area contributed by atoms with Gasteiger partial charge in [0, 0.05) is 58.1 Å². The first kappa shape index (κ1) is 15.1. The third kappa shape index (κ3) is 2.55. The molecule has 4 rings (SSSR count). The molecule has 5 nitrogen and oxygen atoms in total. The van der Waals surface area contributed by atoms with E-state index in [0.717, 1.165) is 22.1 Å². The fourth-order valence-corrected chi connectivity index (χ4v) is 2.93. The van der Waals surface area contributed by atoms with E-state index in [4.69, 9.17) is 5.73 Å². The van der Waals surface area contributed by atoms with Crippen LogP contribution in [-0.4, -0.2) is 20.7 Å². The fraction of sp³-hybridized carbons (Fsp3) is 0.0500. The van der Waals surface area contributed by atoms with Gasteiger partial charge in [-0.1, -0.05) is 18.2 Å². The van der Waals surface area contributed by atoms with Crippen molar-refractivity contribution in [3.63, 3.8) is 0 Å². The number of carbonyl (C=O) groups excluding carboxylic acids is 1. The van der Waals surface area contributed by atoms with Gasteiger partial charge in [-0.2, -0.15) is 0 Å². The smallest absolute Gasteiger partial charge is 0.195 e. The maximum absolute atomic E-state index is 13.0. The van der Waals surface area contributed by atoms with Crippen LogP contribution in [0.4, 0.5) is 5.69 Å². The summed E-state index contributed by atoms with van der Waals surface area (Å²) in [4.78, 5) is 24.7. The number of anilines is 1. The Morgan fingerprint density at radius 1 is 1.08 bits per heavy atom. The molecule has 0 atom stereocenters. The van der Waals surface area contributed by atoms with Crippen molar-refractivity contribution < 1.29 is 4.79 Å². The maximum Gasteiger partial charge on any atom is 0.195 e. The van der Waals surface area contributed by atoms with Crippen LogP contribution in [0, 0.1) is 6.92 Å². The highest BCUT2D eigenvalue weighted by molar-refractivity contribution is 6.17. The zero-order valence-corrected chi connectivity index (χ0v) is 13.7. The lowest BCUT2D eigenvalue weighted by atomic mass is 9.97. The highest BCUT2D eigenvalue weighted by Gasteiger charge is 2.18. The summed E-state index contributed by atoms with van der Waals surface area (Å²) in [6.45, 7) is 1.86. The molecule has 0 bridgehead atoms. The number of hydrogen-bond acceptors (Lipinski definition) is 4. The molecule has 0 saturated carbocycles. The van der Waals surface area contributed by atoms with E-state index < -0.39 is 0 Å². The van der Waals surface area contributed by atoms with Crippen LogP contribution in [0.3, 0.4) is 0 Å². The number of nitrogen functional groups attached to an aromatic ring is 1. The first-order valence-electron chi connectivity index (χ1n) is 7.92. The van der Waals surface area contributed by atoms with Gasteiger partial charge in [0.15, 0.2) is 5.78 Å². The maximum atomic E-state index is 13.0. The van der Waals surface area contributed by atoms with E-state index in [2.05, 4.69) is 15.0 Å². The van der Waals surface area contributed by atoms with Gasteiger partial charge in [-0.3, -0.25) is 9.78 Å². The standard InChI is InChI=1S/C20H16N4O/c1-12-15(5-2-6-18(12)21)19(25)17-11-24-20-16(17)8-14(10-23-20)13-4-3-7-22-9-13/h2-11H,21H2,1H3,(H,23,24). The van der Waals surface area contributed by atoms with Gasteiger partial charge in [-0.05, 0) is 30.7 Å². The van der Waals surface area contributed by atoms with E-state index in [1.54, 1.807) is 43.0 Å². The Kier molecular flexibility index (Phi) is 3.54. The third-order valence-corrected chi connectivity index (χ3v) is 4.39. The predicted octanol–water partition coefficient (Wildman–Crippen LogP) is 3.75. The first-order valence-corrected chi connectivity index (χ1v) is 7.92. The molecule has 0 radical (unpaired) electrons. The molecular weight excluding hydrogens is 312 g/mol. The molecule has 5 heteroatoms. The Morgan fingerprint density at radius 3 is 2.76 bits per heavy atom. The van der Waals surface area contributed by atoms with Gasteiger partial charge in [-0.25, -0.2) is 4.98 Å². The number of aromatic nitrogens is 3. The number of aromatic amines is 1. The normalized spacial score (nSPS) is 10.9. The van der Waals surface area contributed by atoms with Gasteiger partial charge in [0.05, 0.1) is 0 Å². The fourth-order valence-electron chi connectivity index (χ4n) is 2.93. The molecule has 0 amide bonds. The Balaban J connectivity index is 1.85. The lowest BCUT2D eigenvalue weighted by Crippen LogP contribution is -2.05. The van der Waals surface area contributed by atoms with Gasteiger partial charge in [0.2, 0.25) is 0 Å². The van der Waals surface area contributed by atoms with E-state index in [-0.39, 0.29) is 5.78 Å². The van der Waals surface area contributed by atoms with Crippen molar-refractivity contribution in [2.75, 3.05) is 5.73 Å². The number of fused-ring (bicyclic) bond motifs is 1. The van der Waals surface area contributed by atoms with Crippen LogP contribution in [0.15, 0.2) is 61.2 Å². The van der Waals surface area contributed by atoms with Crippen molar-refractivity contribution >= 4 is 22.5 Å². The average Bonchev–Trinajstić information content (AvgIpc) is 3.07.